The second kappa shape index (κ2) is 8.32. The van der Waals surface area contributed by atoms with Crippen LogP contribution in [-0.2, 0) is 0 Å². The standard InChI is InChI=1S/C12H17N3O2.2ClH/c1-10(16)14-6-8-15(9-7-14)12-4-2-11(13-17)3-5-12;;/h2-5,10,16H,6-9H2,1H3;2*1H. The molecular weight excluding hydrogens is 289 g/mol. The molecule has 108 valence electrons. The Morgan fingerprint density at radius 1 is 1.11 bits per heavy atom. The van der Waals surface area contributed by atoms with Crippen LogP contribution in [0.3, 0.4) is 0 Å². The van der Waals surface area contributed by atoms with E-state index in [1.54, 1.807) is 19.1 Å². The molecule has 7 heteroatoms. The quantitative estimate of drug-likeness (QED) is 0.871. The van der Waals surface area contributed by atoms with Gasteiger partial charge in [0.15, 0.2) is 0 Å². The van der Waals surface area contributed by atoms with Crippen LogP contribution >= 0.6 is 24.8 Å². The number of aliphatic hydroxyl groups excluding tert-OH is 1. The highest BCUT2D eigenvalue weighted by Gasteiger charge is 2.19. The first-order chi connectivity index (χ1) is 8.20. The maximum Gasteiger partial charge on any atom is 0.108 e. The van der Waals surface area contributed by atoms with Gasteiger partial charge in [-0.3, -0.25) is 4.90 Å². The summed E-state index contributed by atoms with van der Waals surface area (Å²) in [5.74, 6) is 0. The van der Waals surface area contributed by atoms with Crippen LogP contribution in [-0.4, -0.2) is 42.4 Å². The molecule has 0 saturated carbocycles. The summed E-state index contributed by atoms with van der Waals surface area (Å²) in [5.41, 5.74) is 1.55. The minimum atomic E-state index is -0.376. The Kier molecular flexibility index (Phi) is 7.94. The Morgan fingerprint density at radius 3 is 2.05 bits per heavy atom. The van der Waals surface area contributed by atoms with Crippen molar-refractivity contribution in [3.8, 4) is 0 Å². The average Bonchev–Trinajstić information content (AvgIpc) is 2.39. The summed E-state index contributed by atoms with van der Waals surface area (Å²) < 4.78 is 0. The fourth-order valence-corrected chi connectivity index (χ4v) is 2.08. The van der Waals surface area contributed by atoms with Crippen molar-refractivity contribution in [2.24, 2.45) is 5.18 Å². The van der Waals surface area contributed by atoms with E-state index in [0.29, 0.717) is 5.69 Å². The number of aliphatic hydroxyl groups is 1. The van der Waals surface area contributed by atoms with Crippen molar-refractivity contribution in [2.75, 3.05) is 31.1 Å². The molecule has 19 heavy (non-hydrogen) atoms. The van der Waals surface area contributed by atoms with Crippen LogP contribution in [0.1, 0.15) is 6.92 Å². The van der Waals surface area contributed by atoms with E-state index in [9.17, 15) is 10.0 Å². The van der Waals surface area contributed by atoms with Crippen molar-refractivity contribution < 1.29 is 5.11 Å². The Bertz CT molecular complexity index is 379. The lowest BCUT2D eigenvalue weighted by atomic mass is 10.2. The first-order valence-corrected chi connectivity index (χ1v) is 5.81. The lowest BCUT2D eigenvalue weighted by molar-refractivity contribution is 0.0153. The smallest absolute Gasteiger partial charge is 0.108 e. The summed E-state index contributed by atoms with van der Waals surface area (Å²) >= 11 is 0. The number of halogens is 2. The molecule has 1 N–H and O–H groups in total. The molecule has 0 amide bonds. The summed E-state index contributed by atoms with van der Waals surface area (Å²) in [6, 6.07) is 7.27. The van der Waals surface area contributed by atoms with Gasteiger partial charge in [-0.1, -0.05) is 0 Å². The summed E-state index contributed by atoms with van der Waals surface area (Å²) in [6.45, 7) is 5.27. The normalized spacial score (nSPS) is 17.1. The molecule has 0 bridgehead atoms. The summed E-state index contributed by atoms with van der Waals surface area (Å²) in [4.78, 5) is 14.6. The topological polar surface area (TPSA) is 56.1 Å². The molecule has 0 aromatic heterocycles. The Morgan fingerprint density at radius 2 is 1.63 bits per heavy atom. The fourth-order valence-electron chi connectivity index (χ4n) is 2.08. The van der Waals surface area contributed by atoms with Gasteiger partial charge >= 0.3 is 0 Å². The molecule has 1 aromatic rings. The summed E-state index contributed by atoms with van der Waals surface area (Å²) in [6.07, 6.45) is -0.376. The molecule has 1 fully saturated rings. The molecule has 1 aliphatic heterocycles. The van der Waals surface area contributed by atoms with E-state index in [1.165, 1.54) is 0 Å². The highest BCUT2D eigenvalue weighted by Crippen LogP contribution is 2.21. The molecule has 2 rings (SSSR count). The van der Waals surface area contributed by atoms with Crippen LogP contribution in [0.25, 0.3) is 0 Å². The molecule has 0 aliphatic carbocycles. The molecule has 0 radical (unpaired) electrons. The summed E-state index contributed by atoms with van der Waals surface area (Å²) in [5, 5.41) is 12.3. The molecule has 1 saturated heterocycles. The number of anilines is 1. The van der Waals surface area contributed by atoms with Crippen LogP contribution < -0.4 is 4.90 Å². The number of piperazine rings is 1. The number of hydrogen-bond donors (Lipinski definition) is 1. The Hall–Kier alpha value is -0.880. The highest BCUT2D eigenvalue weighted by atomic mass is 35.5. The molecule has 1 unspecified atom stereocenters. The molecule has 1 aliphatic rings. The van der Waals surface area contributed by atoms with Gasteiger partial charge in [-0.2, -0.15) is 0 Å². The van der Waals surface area contributed by atoms with Gasteiger partial charge in [0, 0.05) is 31.9 Å². The number of hydrogen-bond acceptors (Lipinski definition) is 5. The van der Waals surface area contributed by atoms with E-state index in [2.05, 4.69) is 10.1 Å². The maximum absolute atomic E-state index is 10.3. The van der Waals surface area contributed by atoms with Crippen LogP contribution in [0.5, 0.6) is 0 Å². The third kappa shape index (κ3) is 4.62. The molecule has 5 nitrogen and oxygen atoms in total. The number of nitroso groups, excluding NO2 is 1. The van der Waals surface area contributed by atoms with Crippen LogP contribution in [0.2, 0.25) is 0 Å². The van der Waals surface area contributed by atoms with Crippen molar-refractivity contribution >= 4 is 36.2 Å². The minimum Gasteiger partial charge on any atom is -0.379 e. The van der Waals surface area contributed by atoms with Gasteiger partial charge in [-0.15, -0.1) is 29.7 Å². The zero-order chi connectivity index (χ0) is 12.3. The fraction of sp³-hybridized carbons (Fsp3) is 0.500. The molecular formula is C12H19Cl2N3O2. The lowest BCUT2D eigenvalue weighted by Crippen LogP contribution is -2.49. The number of rotatable bonds is 3. The van der Waals surface area contributed by atoms with Gasteiger partial charge in [0.1, 0.15) is 11.9 Å². The summed E-state index contributed by atoms with van der Waals surface area (Å²) in [7, 11) is 0. The van der Waals surface area contributed by atoms with Gasteiger partial charge in [0.25, 0.3) is 0 Å². The van der Waals surface area contributed by atoms with Crippen molar-refractivity contribution in [1.82, 2.24) is 4.90 Å². The second-order valence-corrected chi connectivity index (χ2v) is 4.26. The van der Waals surface area contributed by atoms with E-state index < -0.39 is 0 Å². The predicted molar refractivity (Wildman–Crippen MR) is 81.9 cm³/mol. The van der Waals surface area contributed by atoms with Gasteiger partial charge in [-0.05, 0) is 36.4 Å². The first kappa shape index (κ1) is 18.1. The maximum atomic E-state index is 10.3. The number of nitrogens with zero attached hydrogens (tertiary/aromatic N) is 3. The molecule has 0 spiro atoms. The third-order valence-electron chi connectivity index (χ3n) is 3.16. The number of benzene rings is 1. The van der Waals surface area contributed by atoms with E-state index >= 15 is 0 Å². The van der Waals surface area contributed by atoms with Gasteiger partial charge in [-0.25, -0.2) is 0 Å². The Labute approximate surface area is 125 Å². The molecule has 1 heterocycles. The second-order valence-electron chi connectivity index (χ2n) is 4.26. The Balaban J connectivity index is 0.00000162. The molecule has 1 aromatic carbocycles. The van der Waals surface area contributed by atoms with Crippen LogP contribution in [0, 0.1) is 4.91 Å². The third-order valence-corrected chi connectivity index (χ3v) is 3.16. The van der Waals surface area contributed by atoms with Gasteiger partial charge < -0.3 is 10.0 Å². The van der Waals surface area contributed by atoms with Crippen molar-refractivity contribution in [3.63, 3.8) is 0 Å². The van der Waals surface area contributed by atoms with Crippen molar-refractivity contribution in [3.05, 3.63) is 29.2 Å². The first-order valence-electron chi connectivity index (χ1n) is 5.81. The minimum absolute atomic E-state index is 0. The van der Waals surface area contributed by atoms with E-state index in [0.717, 1.165) is 31.9 Å². The van der Waals surface area contributed by atoms with Crippen molar-refractivity contribution in [2.45, 2.75) is 13.2 Å². The highest BCUT2D eigenvalue weighted by molar-refractivity contribution is 5.85. The van der Waals surface area contributed by atoms with Crippen molar-refractivity contribution in [1.29, 1.82) is 0 Å². The lowest BCUT2D eigenvalue weighted by Gasteiger charge is -2.37. The monoisotopic (exact) mass is 307 g/mol. The van der Waals surface area contributed by atoms with E-state index in [1.807, 2.05) is 17.0 Å². The van der Waals surface area contributed by atoms with Gasteiger partial charge in [0.05, 0.1) is 0 Å². The molecule has 1 atom stereocenters. The zero-order valence-electron chi connectivity index (χ0n) is 10.7. The zero-order valence-corrected chi connectivity index (χ0v) is 12.4. The van der Waals surface area contributed by atoms with E-state index in [4.69, 9.17) is 0 Å². The average molecular weight is 308 g/mol. The SMILES string of the molecule is CC(O)N1CCN(c2ccc(N=O)cc2)CC1.Cl.Cl. The van der Waals surface area contributed by atoms with Crippen LogP contribution in [0.15, 0.2) is 29.4 Å². The van der Waals surface area contributed by atoms with Gasteiger partial charge in [0.2, 0.25) is 0 Å². The van der Waals surface area contributed by atoms with Crippen LogP contribution in [0.4, 0.5) is 11.4 Å². The predicted octanol–water partition coefficient (Wildman–Crippen LogP) is 2.39. The largest absolute Gasteiger partial charge is 0.379 e. The van der Waals surface area contributed by atoms with E-state index in [-0.39, 0.29) is 31.0 Å².